The number of hydrogen-bond donors (Lipinski definition) is 0. The third kappa shape index (κ3) is 4.20. The van der Waals surface area contributed by atoms with Crippen LogP contribution in [0.5, 0.6) is 0 Å². The van der Waals surface area contributed by atoms with Crippen molar-refractivity contribution >= 4 is 16.9 Å². The lowest BCUT2D eigenvalue weighted by Gasteiger charge is -2.12. The molecule has 0 bridgehead atoms. The molecule has 0 aliphatic rings. The van der Waals surface area contributed by atoms with E-state index < -0.39 is 5.63 Å². The molecule has 26 heavy (non-hydrogen) atoms. The van der Waals surface area contributed by atoms with Gasteiger partial charge in [0.1, 0.15) is 12.2 Å². The van der Waals surface area contributed by atoms with Gasteiger partial charge in [-0.2, -0.15) is 0 Å². The summed E-state index contributed by atoms with van der Waals surface area (Å²) in [5, 5.41) is 0.797. The maximum Gasteiger partial charge on any atom is 0.336 e. The van der Waals surface area contributed by atoms with Gasteiger partial charge in [0.15, 0.2) is 0 Å². The van der Waals surface area contributed by atoms with Crippen molar-refractivity contribution in [3.8, 4) is 0 Å². The van der Waals surface area contributed by atoms with Crippen molar-refractivity contribution < 1.29 is 13.9 Å². The van der Waals surface area contributed by atoms with Gasteiger partial charge in [-0.3, -0.25) is 4.79 Å². The molecule has 4 nitrogen and oxygen atoms in total. The Hall–Kier alpha value is -2.88. The zero-order valence-electron chi connectivity index (χ0n) is 15.0. The number of fused-ring (bicyclic) bond motifs is 1. The Morgan fingerprint density at radius 1 is 1.12 bits per heavy atom. The fourth-order valence-corrected chi connectivity index (χ4v) is 2.98. The summed E-state index contributed by atoms with van der Waals surface area (Å²) in [4.78, 5) is 24.0. The number of esters is 1. The average molecular weight is 350 g/mol. The normalized spacial score (nSPS) is 12.1. The molecule has 0 aliphatic carbocycles. The quantitative estimate of drug-likeness (QED) is 0.482. The molecule has 134 valence electrons. The van der Waals surface area contributed by atoms with Gasteiger partial charge in [0, 0.05) is 17.0 Å². The van der Waals surface area contributed by atoms with Gasteiger partial charge in [-0.25, -0.2) is 4.79 Å². The molecular formula is C22H22O4. The van der Waals surface area contributed by atoms with Gasteiger partial charge < -0.3 is 9.15 Å². The topological polar surface area (TPSA) is 56.5 Å². The molecule has 1 atom stereocenters. The minimum atomic E-state index is -0.436. The third-order valence-corrected chi connectivity index (χ3v) is 4.53. The molecule has 1 aromatic heterocycles. The standard InChI is InChI=1S/C22H22O4/c1-3-16-9-10-19-18(13-22(24)26-20(19)12-16)14-25-21(23)11-15(2)17-7-5-4-6-8-17/h4-10,12-13,15H,3,11,14H2,1-2H3/t15-/m1/s1. The summed E-state index contributed by atoms with van der Waals surface area (Å²) in [7, 11) is 0. The second kappa shape index (κ2) is 8.00. The molecule has 0 amide bonds. The molecule has 0 aliphatic heterocycles. The van der Waals surface area contributed by atoms with Crippen LogP contribution in [0.4, 0.5) is 0 Å². The van der Waals surface area contributed by atoms with Gasteiger partial charge in [0.2, 0.25) is 0 Å². The number of benzene rings is 2. The number of carbonyl (C=O) groups is 1. The zero-order valence-corrected chi connectivity index (χ0v) is 15.0. The fraction of sp³-hybridized carbons (Fsp3) is 0.273. The van der Waals surface area contributed by atoms with E-state index >= 15 is 0 Å². The fourth-order valence-electron chi connectivity index (χ4n) is 2.98. The number of rotatable bonds is 6. The van der Waals surface area contributed by atoms with Crippen LogP contribution in [0.1, 0.15) is 42.9 Å². The molecule has 0 fully saturated rings. The lowest BCUT2D eigenvalue weighted by molar-refractivity contribution is -0.145. The van der Waals surface area contributed by atoms with Gasteiger partial charge in [0.25, 0.3) is 0 Å². The first-order valence-corrected chi connectivity index (χ1v) is 8.83. The number of aryl methyl sites for hydroxylation is 1. The van der Waals surface area contributed by atoms with Crippen LogP contribution in [0, 0.1) is 0 Å². The molecule has 0 saturated carbocycles. The van der Waals surface area contributed by atoms with E-state index in [9.17, 15) is 9.59 Å². The van der Waals surface area contributed by atoms with Crippen LogP contribution in [0.3, 0.4) is 0 Å². The van der Waals surface area contributed by atoms with E-state index in [1.54, 1.807) is 0 Å². The monoisotopic (exact) mass is 350 g/mol. The van der Waals surface area contributed by atoms with Crippen LogP contribution in [0.2, 0.25) is 0 Å². The van der Waals surface area contributed by atoms with Crippen LogP contribution in [-0.2, 0) is 22.6 Å². The van der Waals surface area contributed by atoms with E-state index in [1.807, 2.05) is 62.4 Å². The van der Waals surface area contributed by atoms with Crippen LogP contribution < -0.4 is 5.63 Å². The average Bonchev–Trinajstić information content (AvgIpc) is 2.66. The smallest absolute Gasteiger partial charge is 0.336 e. The van der Waals surface area contributed by atoms with E-state index in [1.165, 1.54) is 6.07 Å². The summed E-state index contributed by atoms with van der Waals surface area (Å²) in [6.07, 6.45) is 1.15. The first kappa shape index (κ1) is 17.9. The molecule has 0 N–H and O–H groups in total. The van der Waals surface area contributed by atoms with Crippen molar-refractivity contribution in [3.63, 3.8) is 0 Å². The van der Waals surface area contributed by atoms with Crippen LogP contribution in [0.25, 0.3) is 11.0 Å². The maximum absolute atomic E-state index is 12.2. The van der Waals surface area contributed by atoms with Gasteiger partial charge in [-0.15, -0.1) is 0 Å². The molecule has 0 radical (unpaired) electrons. The Morgan fingerprint density at radius 3 is 2.62 bits per heavy atom. The predicted octanol–water partition coefficient (Wildman–Crippen LogP) is 4.59. The van der Waals surface area contributed by atoms with E-state index in [4.69, 9.17) is 9.15 Å². The Morgan fingerprint density at radius 2 is 1.88 bits per heavy atom. The van der Waals surface area contributed by atoms with E-state index in [-0.39, 0.29) is 18.5 Å². The minimum absolute atomic E-state index is 0.0634. The van der Waals surface area contributed by atoms with Crippen LogP contribution in [-0.4, -0.2) is 5.97 Å². The van der Waals surface area contributed by atoms with Crippen molar-refractivity contribution in [1.82, 2.24) is 0 Å². The molecule has 3 aromatic rings. The third-order valence-electron chi connectivity index (χ3n) is 4.53. The highest BCUT2D eigenvalue weighted by Gasteiger charge is 2.14. The first-order valence-electron chi connectivity index (χ1n) is 8.83. The van der Waals surface area contributed by atoms with Crippen LogP contribution >= 0.6 is 0 Å². The van der Waals surface area contributed by atoms with E-state index in [0.29, 0.717) is 17.6 Å². The van der Waals surface area contributed by atoms with Gasteiger partial charge in [-0.05, 0) is 29.5 Å². The Kier molecular flexibility index (Phi) is 5.52. The minimum Gasteiger partial charge on any atom is -0.461 e. The number of carbonyl (C=O) groups excluding carboxylic acids is 1. The molecule has 3 rings (SSSR count). The van der Waals surface area contributed by atoms with Crippen molar-refractivity contribution in [2.24, 2.45) is 0 Å². The summed E-state index contributed by atoms with van der Waals surface area (Å²) in [6, 6.07) is 17.0. The highest BCUT2D eigenvalue weighted by molar-refractivity contribution is 5.81. The molecule has 1 heterocycles. The molecule has 2 aromatic carbocycles. The Labute approximate surface area is 152 Å². The number of hydrogen-bond acceptors (Lipinski definition) is 4. The predicted molar refractivity (Wildman–Crippen MR) is 101 cm³/mol. The SMILES string of the molecule is CCc1ccc2c(COC(=O)C[C@@H](C)c3ccccc3)cc(=O)oc2c1. The van der Waals surface area contributed by atoms with Crippen molar-refractivity contribution in [2.75, 3.05) is 0 Å². The molecule has 0 saturated heterocycles. The molecule has 0 unspecified atom stereocenters. The van der Waals surface area contributed by atoms with Crippen molar-refractivity contribution in [3.05, 3.63) is 81.7 Å². The molecule has 4 heteroatoms. The van der Waals surface area contributed by atoms with Gasteiger partial charge in [0.05, 0.1) is 6.42 Å². The first-order chi connectivity index (χ1) is 12.6. The van der Waals surface area contributed by atoms with Gasteiger partial charge in [-0.1, -0.05) is 56.3 Å². The van der Waals surface area contributed by atoms with E-state index in [2.05, 4.69) is 0 Å². The highest BCUT2D eigenvalue weighted by Crippen LogP contribution is 2.22. The van der Waals surface area contributed by atoms with Gasteiger partial charge >= 0.3 is 11.6 Å². The summed E-state index contributed by atoms with van der Waals surface area (Å²) >= 11 is 0. The maximum atomic E-state index is 12.2. The second-order valence-electron chi connectivity index (χ2n) is 6.45. The lowest BCUT2D eigenvalue weighted by Crippen LogP contribution is -2.10. The number of ether oxygens (including phenoxy) is 1. The van der Waals surface area contributed by atoms with Crippen LogP contribution in [0.15, 0.2) is 63.8 Å². The lowest BCUT2D eigenvalue weighted by atomic mass is 9.98. The summed E-state index contributed by atoms with van der Waals surface area (Å²) in [6.45, 7) is 4.10. The van der Waals surface area contributed by atoms with E-state index in [0.717, 1.165) is 22.9 Å². The molecular weight excluding hydrogens is 328 g/mol. The zero-order chi connectivity index (χ0) is 18.5. The summed E-state index contributed by atoms with van der Waals surface area (Å²) in [5.41, 5.74) is 2.95. The van der Waals surface area contributed by atoms with Crippen molar-refractivity contribution in [1.29, 1.82) is 0 Å². The Bertz CT molecular complexity index is 957. The highest BCUT2D eigenvalue weighted by atomic mass is 16.5. The second-order valence-corrected chi connectivity index (χ2v) is 6.45. The van der Waals surface area contributed by atoms with Crippen molar-refractivity contribution in [2.45, 2.75) is 39.2 Å². The Balaban J connectivity index is 1.71. The summed E-state index contributed by atoms with van der Waals surface area (Å²) in [5.74, 6) is -0.207. The largest absolute Gasteiger partial charge is 0.461 e. The summed E-state index contributed by atoms with van der Waals surface area (Å²) < 4.78 is 10.7. The molecule has 0 spiro atoms.